The third-order valence-electron chi connectivity index (χ3n) is 6.34. The number of nitro benzene ring substituents is 1. The SMILES string of the molecule is CCCC[C@H](N)C(=O)N[C@@H](Cc1ccc([N+](=O)[O-])cc1)C(=O)NC(=O)[C@H](CC(C)C)NCCc1ccccc1.Cl. The molecule has 11 heteroatoms. The molecule has 0 fully saturated rings. The molecule has 3 atom stereocenters. The number of nitro groups is 1. The first-order chi connectivity index (χ1) is 18.6. The second-order valence-corrected chi connectivity index (χ2v) is 10.2. The second-order valence-electron chi connectivity index (χ2n) is 10.2. The molecule has 10 nitrogen and oxygen atoms in total. The third kappa shape index (κ3) is 12.2. The monoisotopic (exact) mass is 575 g/mol. The number of non-ortho nitro benzene ring substituents is 1. The summed E-state index contributed by atoms with van der Waals surface area (Å²) in [6.45, 7) is 6.54. The number of hydrogen-bond acceptors (Lipinski definition) is 7. The van der Waals surface area contributed by atoms with Crippen LogP contribution in [-0.2, 0) is 27.2 Å². The van der Waals surface area contributed by atoms with E-state index >= 15 is 0 Å². The maximum Gasteiger partial charge on any atom is 0.269 e. The van der Waals surface area contributed by atoms with E-state index in [1.165, 1.54) is 24.3 Å². The minimum absolute atomic E-state index is 0. The molecule has 0 radical (unpaired) electrons. The summed E-state index contributed by atoms with van der Waals surface area (Å²) in [4.78, 5) is 49.6. The number of carbonyl (C=O) groups is 3. The number of hydrogen-bond donors (Lipinski definition) is 4. The fraction of sp³-hybridized carbons (Fsp3) is 0.483. The lowest BCUT2D eigenvalue weighted by molar-refractivity contribution is -0.384. The van der Waals surface area contributed by atoms with Crippen LogP contribution in [0.2, 0.25) is 0 Å². The second kappa shape index (κ2) is 18.1. The van der Waals surface area contributed by atoms with Crippen molar-refractivity contribution in [3.8, 4) is 0 Å². The molecule has 0 aromatic heterocycles. The molecule has 2 rings (SSSR count). The first kappa shape index (κ1) is 34.7. The zero-order valence-corrected chi connectivity index (χ0v) is 24.2. The molecule has 2 aromatic rings. The van der Waals surface area contributed by atoms with Gasteiger partial charge < -0.3 is 16.4 Å². The van der Waals surface area contributed by atoms with Crippen LogP contribution >= 0.6 is 12.4 Å². The van der Waals surface area contributed by atoms with Crippen molar-refractivity contribution in [2.24, 2.45) is 11.7 Å². The van der Waals surface area contributed by atoms with E-state index in [9.17, 15) is 24.5 Å². The molecule has 0 heterocycles. The molecule has 0 aliphatic carbocycles. The Kier molecular flexibility index (Phi) is 15.7. The molecule has 0 bridgehead atoms. The fourth-order valence-electron chi connectivity index (χ4n) is 4.12. The number of imide groups is 1. The van der Waals surface area contributed by atoms with Crippen molar-refractivity contribution in [3.05, 3.63) is 75.8 Å². The highest BCUT2D eigenvalue weighted by atomic mass is 35.5. The Morgan fingerprint density at radius 1 is 0.925 bits per heavy atom. The van der Waals surface area contributed by atoms with E-state index in [2.05, 4.69) is 16.0 Å². The number of halogens is 1. The van der Waals surface area contributed by atoms with Crippen LogP contribution in [0.1, 0.15) is 57.6 Å². The van der Waals surface area contributed by atoms with Gasteiger partial charge in [0.05, 0.1) is 17.0 Å². The van der Waals surface area contributed by atoms with E-state index in [1.807, 2.05) is 51.1 Å². The number of nitrogens with one attached hydrogen (secondary N) is 3. The first-order valence-corrected chi connectivity index (χ1v) is 13.5. The van der Waals surface area contributed by atoms with Crippen molar-refractivity contribution < 1.29 is 19.3 Å². The predicted molar refractivity (Wildman–Crippen MR) is 158 cm³/mol. The summed E-state index contributed by atoms with van der Waals surface area (Å²) in [5.41, 5.74) is 7.65. The smallest absolute Gasteiger partial charge is 0.269 e. The number of unbranched alkanes of at least 4 members (excludes halogenated alkanes) is 1. The van der Waals surface area contributed by atoms with Crippen molar-refractivity contribution in [1.82, 2.24) is 16.0 Å². The van der Waals surface area contributed by atoms with Gasteiger partial charge in [0.2, 0.25) is 17.7 Å². The first-order valence-electron chi connectivity index (χ1n) is 13.5. The zero-order valence-electron chi connectivity index (χ0n) is 23.4. The third-order valence-corrected chi connectivity index (χ3v) is 6.34. The van der Waals surface area contributed by atoms with Gasteiger partial charge in [0, 0.05) is 18.6 Å². The van der Waals surface area contributed by atoms with Crippen LogP contribution in [0.4, 0.5) is 5.69 Å². The maximum atomic E-state index is 13.3. The van der Waals surface area contributed by atoms with Crippen LogP contribution in [0.3, 0.4) is 0 Å². The van der Waals surface area contributed by atoms with Crippen molar-refractivity contribution in [2.75, 3.05) is 6.54 Å². The maximum absolute atomic E-state index is 13.3. The summed E-state index contributed by atoms with van der Waals surface area (Å²) in [5, 5.41) is 19.4. The Morgan fingerprint density at radius 2 is 1.55 bits per heavy atom. The number of nitrogens with zero attached hydrogens (tertiary/aromatic N) is 1. The Balaban J connectivity index is 0.00000800. The highest BCUT2D eigenvalue weighted by Crippen LogP contribution is 2.14. The molecular weight excluding hydrogens is 534 g/mol. The number of nitrogens with two attached hydrogens (primary N) is 1. The summed E-state index contributed by atoms with van der Waals surface area (Å²) in [6.07, 6.45) is 3.39. The van der Waals surface area contributed by atoms with Gasteiger partial charge in [-0.2, -0.15) is 0 Å². The van der Waals surface area contributed by atoms with Crippen LogP contribution < -0.4 is 21.7 Å². The Hall–Kier alpha value is -3.34. The van der Waals surface area contributed by atoms with Gasteiger partial charge in [-0.25, -0.2) is 0 Å². The molecule has 2 aromatic carbocycles. The number of rotatable bonds is 16. The summed E-state index contributed by atoms with van der Waals surface area (Å²) < 4.78 is 0. The van der Waals surface area contributed by atoms with Crippen molar-refractivity contribution in [1.29, 1.82) is 0 Å². The molecule has 0 saturated heterocycles. The standard InChI is InChI=1S/C29H41N5O5.ClH/c1-4-5-11-24(30)27(35)32-26(19-22-12-14-23(15-13-22)34(38)39)29(37)33-28(36)25(18-20(2)3)31-17-16-21-9-7-6-8-10-21;/h6-10,12-15,20,24-26,31H,4-5,11,16-19,30H2,1-3H3,(H,32,35)(H,33,36,37);1H/t24-,25-,26-;/m0./s1. The summed E-state index contributed by atoms with van der Waals surface area (Å²) in [5.74, 6) is -1.42. The largest absolute Gasteiger partial charge is 0.343 e. The Bertz CT molecular complexity index is 1080. The number of amides is 3. The molecule has 5 N–H and O–H groups in total. The molecule has 0 spiro atoms. The van der Waals surface area contributed by atoms with Crippen LogP contribution in [0.25, 0.3) is 0 Å². The zero-order chi connectivity index (χ0) is 28.8. The number of carbonyl (C=O) groups excluding carboxylic acids is 3. The van der Waals surface area contributed by atoms with Gasteiger partial charge in [0.15, 0.2) is 0 Å². The Labute approximate surface area is 242 Å². The normalized spacial score (nSPS) is 13.0. The Morgan fingerprint density at radius 3 is 2.12 bits per heavy atom. The van der Waals surface area contributed by atoms with Gasteiger partial charge in [0.25, 0.3) is 5.69 Å². The molecule has 0 aliphatic rings. The average Bonchev–Trinajstić information content (AvgIpc) is 2.91. The molecular formula is C29H42ClN5O5. The molecule has 0 unspecified atom stereocenters. The minimum Gasteiger partial charge on any atom is -0.343 e. The van der Waals surface area contributed by atoms with Gasteiger partial charge in [-0.05, 0) is 42.9 Å². The van der Waals surface area contributed by atoms with Gasteiger partial charge in [-0.1, -0.05) is 76.1 Å². The van der Waals surface area contributed by atoms with Crippen LogP contribution in [0.15, 0.2) is 54.6 Å². The van der Waals surface area contributed by atoms with E-state index < -0.39 is 40.8 Å². The quantitative estimate of drug-likeness (QED) is 0.176. The molecule has 40 heavy (non-hydrogen) atoms. The minimum atomic E-state index is -1.08. The summed E-state index contributed by atoms with van der Waals surface area (Å²) in [6, 6.07) is 13.1. The van der Waals surface area contributed by atoms with Crippen LogP contribution in [0.5, 0.6) is 0 Å². The van der Waals surface area contributed by atoms with Crippen LogP contribution in [-0.4, -0.2) is 47.3 Å². The molecule has 0 aliphatic heterocycles. The predicted octanol–water partition coefficient (Wildman–Crippen LogP) is 3.45. The molecule has 220 valence electrons. The van der Waals surface area contributed by atoms with E-state index in [1.54, 1.807) is 0 Å². The van der Waals surface area contributed by atoms with Crippen molar-refractivity contribution in [3.63, 3.8) is 0 Å². The lowest BCUT2D eigenvalue weighted by atomic mass is 10.0. The van der Waals surface area contributed by atoms with Gasteiger partial charge in [-0.3, -0.25) is 29.8 Å². The highest BCUT2D eigenvalue weighted by molar-refractivity contribution is 6.01. The molecule has 3 amide bonds. The van der Waals surface area contributed by atoms with Gasteiger partial charge >= 0.3 is 0 Å². The summed E-state index contributed by atoms with van der Waals surface area (Å²) >= 11 is 0. The van der Waals surface area contributed by atoms with E-state index in [-0.39, 0.29) is 30.4 Å². The van der Waals surface area contributed by atoms with Crippen LogP contribution in [0, 0.1) is 16.0 Å². The van der Waals surface area contributed by atoms with E-state index in [0.29, 0.717) is 24.9 Å². The fourth-order valence-corrected chi connectivity index (χ4v) is 4.12. The van der Waals surface area contributed by atoms with Crippen molar-refractivity contribution >= 4 is 35.8 Å². The topological polar surface area (TPSA) is 156 Å². The van der Waals surface area contributed by atoms with Gasteiger partial charge in [-0.15, -0.1) is 12.4 Å². The summed E-state index contributed by atoms with van der Waals surface area (Å²) in [7, 11) is 0. The van der Waals surface area contributed by atoms with E-state index in [0.717, 1.165) is 24.8 Å². The average molecular weight is 576 g/mol. The lowest BCUT2D eigenvalue weighted by Crippen LogP contribution is -2.56. The van der Waals surface area contributed by atoms with Crippen molar-refractivity contribution in [2.45, 2.75) is 77.4 Å². The van der Waals surface area contributed by atoms with Gasteiger partial charge in [0.1, 0.15) is 6.04 Å². The molecule has 0 saturated carbocycles. The number of benzene rings is 2. The lowest BCUT2D eigenvalue weighted by Gasteiger charge is -2.23. The highest BCUT2D eigenvalue weighted by Gasteiger charge is 2.28. The van der Waals surface area contributed by atoms with E-state index in [4.69, 9.17) is 5.73 Å².